The van der Waals surface area contributed by atoms with E-state index in [9.17, 15) is 0 Å². The van der Waals surface area contributed by atoms with Crippen molar-refractivity contribution in [2.24, 2.45) is 7.05 Å². The molecular formula is C7H13N5. The molecule has 0 unspecified atom stereocenters. The van der Waals surface area contributed by atoms with Crippen LogP contribution in [0.15, 0.2) is 6.33 Å². The largest absolute Gasteiger partial charge is 0.383 e. The number of nitrogen functional groups attached to an aromatic ring is 1. The van der Waals surface area contributed by atoms with Crippen molar-refractivity contribution in [2.75, 3.05) is 19.8 Å². The van der Waals surface area contributed by atoms with Crippen LogP contribution < -0.4 is 5.73 Å². The van der Waals surface area contributed by atoms with E-state index < -0.39 is 0 Å². The maximum atomic E-state index is 7.61. The van der Waals surface area contributed by atoms with E-state index in [1.807, 2.05) is 0 Å². The Morgan fingerprint density at radius 3 is 2.58 bits per heavy atom. The topological polar surface area (TPSA) is 70.9 Å². The highest BCUT2D eigenvalue weighted by atomic mass is 15.2. The Labute approximate surface area is 71.3 Å². The number of imidazole rings is 1. The minimum absolute atomic E-state index is 0.327. The number of hydrogen-bond acceptors (Lipinski definition) is 3. The molecule has 1 rings (SSSR count). The summed E-state index contributed by atoms with van der Waals surface area (Å²) in [7, 11) is 5.38. The Hall–Kier alpha value is -1.52. The Balaban J connectivity index is 3.04. The van der Waals surface area contributed by atoms with Crippen molar-refractivity contribution in [2.45, 2.75) is 0 Å². The van der Waals surface area contributed by atoms with E-state index in [4.69, 9.17) is 11.1 Å². The third kappa shape index (κ3) is 1.25. The monoisotopic (exact) mass is 167 g/mol. The van der Waals surface area contributed by atoms with Gasteiger partial charge in [-0.25, -0.2) is 4.98 Å². The van der Waals surface area contributed by atoms with Gasteiger partial charge in [-0.3, -0.25) is 5.41 Å². The third-order valence-electron chi connectivity index (χ3n) is 1.65. The highest BCUT2D eigenvalue weighted by molar-refractivity contribution is 5.98. The summed E-state index contributed by atoms with van der Waals surface area (Å²) in [5, 5.41) is 7.61. The first-order valence-electron chi connectivity index (χ1n) is 3.57. The number of nitrogens with two attached hydrogens (primary N) is 1. The van der Waals surface area contributed by atoms with Gasteiger partial charge in [0.05, 0.1) is 6.33 Å². The fourth-order valence-electron chi connectivity index (χ4n) is 0.834. The predicted octanol–water partition coefficient (Wildman–Crippen LogP) is -0.111. The molecule has 0 bridgehead atoms. The molecule has 5 nitrogen and oxygen atoms in total. The lowest BCUT2D eigenvalue weighted by Gasteiger charge is -2.11. The van der Waals surface area contributed by atoms with Crippen molar-refractivity contribution >= 4 is 11.7 Å². The molecule has 5 heteroatoms. The number of nitrogens with zero attached hydrogens (tertiary/aromatic N) is 3. The predicted molar refractivity (Wildman–Crippen MR) is 48.1 cm³/mol. The summed E-state index contributed by atoms with van der Waals surface area (Å²) >= 11 is 0. The first kappa shape index (κ1) is 8.58. The van der Waals surface area contributed by atoms with E-state index in [0.29, 0.717) is 17.3 Å². The highest BCUT2D eigenvalue weighted by Crippen LogP contribution is 2.08. The van der Waals surface area contributed by atoms with Gasteiger partial charge in [0.25, 0.3) is 0 Å². The van der Waals surface area contributed by atoms with Crippen molar-refractivity contribution in [1.82, 2.24) is 14.5 Å². The van der Waals surface area contributed by atoms with Crippen molar-refractivity contribution in [3.63, 3.8) is 0 Å². The molecule has 0 aliphatic carbocycles. The van der Waals surface area contributed by atoms with E-state index in [0.717, 1.165) is 0 Å². The molecule has 0 fully saturated rings. The highest BCUT2D eigenvalue weighted by Gasteiger charge is 2.11. The van der Waals surface area contributed by atoms with Crippen molar-refractivity contribution in [3.05, 3.63) is 12.0 Å². The van der Waals surface area contributed by atoms with Gasteiger partial charge in [-0.05, 0) is 0 Å². The van der Waals surface area contributed by atoms with Crippen LogP contribution in [-0.4, -0.2) is 34.4 Å². The number of amidine groups is 1. The molecular weight excluding hydrogens is 154 g/mol. The zero-order chi connectivity index (χ0) is 9.30. The van der Waals surface area contributed by atoms with Gasteiger partial charge in [0.15, 0.2) is 0 Å². The van der Waals surface area contributed by atoms with Crippen LogP contribution in [0.25, 0.3) is 0 Å². The van der Waals surface area contributed by atoms with Gasteiger partial charge in [0.2, 0.25) is 0 Å². The van der Waals surface area contributed by atoms with Crippen molar-refractivity contribution in [3.8, 4) is 0 Å². The molecule has 0 aromatic carbocycles. The number of aryl methyl sites for hydroxylation is 1. The van der Waals surface area contributed by atoms with Gasteiger partial charge in [0.1, 0.15) is 17.3 Å². The van der Waals surface area contributed by atoms with Crippen molar-refractivity contribution < 1.29 is 0 Å². The van der Waals surface area contributed by atoms with E-state index in [-0.39, 0.29) is 0 Å². The summed E-state index contributed by atoms with van der Waals surface area (Å²) < 4.78 is 1.69. The van der Waals surface area contributed by atoms with E-state index in [2.05, 4.69) is 4.98 Å². The van der Waals surface area contributed by atoms with E-state index >= 15 is 0 Å². The summed E-state index contributed by atoms with van der Waals surface area (Å²) in [5.74, 6) is 0.849. The maximum Gasteiger partial charge on any atom is 0.150 e. The first-order chi connectivity index (χ1) is 5.54. The minimum Gasteiger partial charge on any atom is -0.383 e. The molecule has 1 aromatic heterocycles. The Bertz CT molecular complexity index is 299. The number of nitrogens with one attached hydrogen (secondary N) is 1. The second kappa shape index (κ2) is 2.84. The van der Waals surface area contributed by atoms with Crippen LogP contribution in [-0.2, 0) is 7.05 Å². The first-order valence-corrected chi connectivity index (χ1v) is 3.57. The van der Waals surface area contributed by atoms with Crippen LogP contribution >= 0.6 is 0 Å². The third-order valence-corrected chi connectivity index (χ3v) is 1.65. The standard InChI is InChI=1S/C7H13N5/c1-11(2)6(8)5-7(9)12(3)4-10-5/h4,8H,9H2,1-3H3. The van der Waals surface area contributed by atoms with Gasteiger partial charge in [-0.1, -0.05) is 0 Å². The molecule has 66 valence electrons. The molecule has 0 spiro atoms. The summed E-state index contributed by atoms with van der Waals surface area (Å²) in [6, 6.07) is 0. The smallest absolute Gasteiger partial charge is 0.150 e. The summed E-state index contributed by atoms with van der Waals surface area (Å²) in [6.07, 6.45) is 1.60. The molecule has 0 aliphatic heterocycles. The lowest BCUT2D eigenvalue weighted by atomic mass is 10.4. The molecule has 3 N–H and O–H groups in total. The van der Waals surface area contributed by atoms with E-state index in [1.165, 1.54) is 0 Å². The average molecular weight is 167 g/mol. The molecule has 0 saturated carbocycles. The molecule has 1 aromatic rings. The SMILES string of the molecule is CN(C)C(=N)c1ncn(C)c1N. The van der Waals surface area contributed by atoms with Crippen LogP contribution in [0.1, 0.15) is 5.69 Å². The molecule has 0 radical (unpaired) electrons. The Morgan fingerprint density at radius 1 is 1.67 bits per heavy atom. The van der Waals surface area contributed by atoms with Crippen LogP contribution in [0.2, 0.25) is 0 Å². The number of rotatable bonds is 1. The number of anilines is 1. The van der Waals surface area contributed by atoms with Crippen LogP contribution in [0.5, 0.6) is 0 Å². The zero-order valence-electron chi connectivity index (χ0n) is 7.50. The Morgan fingerprint density at radius 2 is 2.25 bits per heavy atom. The summed E-state index contributed by atoms with van der Waals surface area (Å²) in [4.78, 5) is 5.67. The summed E-state index contributed by atoms with van der Waals surface area (Å²) in [6.45, 7) is 0. The molecule has 0 atom stereocenters. The van der Waals surface area contributed by atoms with Gasteiger partial charge >= 0.3 is 0 Å². The fourth-order valence-corrected chi connectivity index (χ4v) is 0.834. The number of hydrogen-bond donors (Lipinski definition) is 2. The van der Waals surface area contributed by atoms with Gasteiger partial charge in [-0.2, -0.15) is 0 Å². The lowest BCUT2D eigenvalue weighted by molar-refractivity contribution is 0.617. The lowest BCUT2D eigenvalue weighted by Crippen LogP contribution is -2.23. The van der Waals surface area contributed by atoms with Gasteiger partial charge < -0.3 is 15.2 Å². The van der Waals surface area contributed by atoms with Crippen LogP contribution in [0.4, 0.5) is 5.82 Å². The van der Waals surface area contributed by atoms with Crippen molar-refractivity contribution in [1.29, 1.82) is 5.41 Å². The minimum atomic E-state index is 0.327. The average Bonchev–Trinajstić information content (AvgIpc) is 2.32. The fraction of sp³-hybridized carbons (Fsp3) is 0.429. The molecule has 0 saturated heterocycles. The van der Waals surface area contributed by atoms with Crippen LogP contribution in [0, 0.1) is 5.41 Å². The Kier molecular flexibility index (Phi) is 2.03. The normalized spacial score (nSPS) is 9.92. The second-order valence-corrected chi connectivity index (χ2v) is 2.83. The summed E-state index contributed by atoms with van der Waals surface area (Å²) in [5.41, 5.74) is 6.20. The quantitative estimate of drug-likeness (QED) is 0.453. The molecule has 0 amide bonds. The second-order valence-electron chi connectivity index (χ2n) is 2.83. The molecule has 1 heterocycles. The molecule has 12 heavy (non-hydrogen) atoms. The number of aromatic nitrogens is 2. The van der Waals surface area contributed by atoms with Gasteiger partial charge in [-0.15, -0.1) is 0 Å². The van der Waals surface area contributed by atoms with Gasteiger partial charge in [0, 0.05) is 21.1 Å². The molecule has 0 aliphatic rings. The van der Waals surface area contributed by atoms with E-state index in [1.54, 1.807) is 36.9 Å². The maximum absolute atomic E-state index is 7.61. The van der Waals surface area contributed by atoms with Crippen LogP contribution in [0.3, 0.4) is 0 Å². The zero-order valence-corrected chi connectivity index (χ0v) is 7.50.